The summed E-state index contributed by atoms with van der Waals surface area (Å²) < 4.78 is -0.128. The number of amides is 1. The molecule has 0 radical (unpaired) electrons. The van der Waals surface area contributed by atoms with E-state index in [1.54, 1.807) is 0 Å². The van der Waals surface area contributed by atoms with Crippen LogP contribution in [0.25, 0.3) is 0 Å². The first kappa shape index (κ1) is 11.3. The highest BCUT2D eigenvalue weighted by Gasteiger charge is 2.52. The van der Waals surface area contributed by atoms with Crippen LogP contribution in [0.5, 0.6) is 0 Å². The lowest BCUT2D eigenvalue weighted by Crippen LogP contribution is -2.42. The lowest BCUT2D eigenvalue weighted by atomic mass is 9.94. The molecule has 86 valence electrons. The third-order valence-corrected chi connectivity index (χ3v) is 6.00. The maximum Gasteiger partial charge on any atom is 0.237 e. The Balaban J connectivity index is 2.17. The minimum atomic E-state index is -0.128. The van der Waals surface area contributed by atoms with E-state index in [1.165, 1.54) is 32.1 Å². The quantitative estimate of drug-likeness (QED) is 0.785. The zero-order valence-electron chi connectivity index (χ0n) is 9.77. The summed E-state index contributed by atoms with van der Waals surface area (Å²) >= 11 is 1.93. The van der Waals surface area contributed by atoms with Crippen LogP contribution in [0.3, 0.4) is 0 Å². The Hall–Kier alpha value is -0.180. The highest BCUT2D eigenvalue weighted by molar-refractivity contribution is 8.03. The average molecular weight is 227 g/mol. The van der Waals surface area contributed by atoms with Crippen molar-refractivity contribution in [1.82, 2.24) is 5.32 Å². The second-order valence-electron chi connectivity index (χ2n) is 4.81. The molecule has 1 aliphatic heterocycles. The summed E-state index contributed by atoms with van der Waals surface area (Å²) in [5.74, 6) is 0.291. The summed E-state index contributed by atoms with van der Waals surface area (Å²) in [6, 6.07) is 0. The van der Waals surface area contributed by atoms with E-state index in [1.807, 2.05) is 11.8 Å². The smallest absolute Gasteiger partial charge is 0.237 e. The van der Waals surface area contributed by atoms with Crippen molar-refractivity contribution in [2.75, 3.05) is 0 Å². The van der Waals surface area contributed by atoms with Crippen molar-refractivity contribution in [1.29, 1.82) is 0 Å². The predicted octanol–water partition coefficient (Wildman–Crippen LogP) is 3.07. The van der Waals surface area contributed by atoms with Gasteiger partial charge in [-0.2, -0.15) is 0 Å². The van der Waals surface area contributed by atoms with Gasteiger partial charge < -0.3 is 5.32 Å². The van der Waals surface area contributed by atoms with Crippen molar-refractivity contribution in [3.05, 3.63) is 0 Å². The highest BCUT2D eigenvalue weighted by atomic mass is 32.2. The molecule has 1 spiro atoms. The van der Waals surface area contributed by atoms with Crippen molar-refractivity contribution in [3.8, 4) is 0 Å². The van der Waals surface area contributed by atoms with E-state index in [0.29, 0.717) is 5.91 Å². The Morgan fingerprint density at radius 3 is 2.27 bits per heavy atom. The van der Waals surface area contributed by atoms with Crippen molar-refractivity contribution in [2.45, 2.75) is 68.4 Å². The molecule has 1 saturated carbocycles. The molecule has 15 heavy (non-hydrogen) atoms. The van der Waals surface area contributed by atoms with Crippen LogP contribution in [0.1, 0.15) is 58.8 Å². The van der Waals surface area contributed by atoms with Crippen LogP contribution in [0.2, 0.25) is 0 Å². The molecular weight excluding hydrogens is 206 g/mol. The van der Waals surface area contributed by atoms with Gasteiger partial charge in [0.1, 0.15) is 0 Å². The summed E-state index contributed by atoms with van der Waals surface area (Å²) in [4.78, 5) is 12.2. The van der Waals surface area contributed by atoms with Crippen LogP contribution in [-0.4, -0.2) is 15.5 Å². The fourth-order valence-corrected chi connectivity index (χ4v) is 4.65. The molecule has 3 heteroatoms. The molecule has 0 aromatic rings. The molecule has 0 aromatic heterocycles. The fourth-order valence-electron chi connectivity index (χ4n) is 2.83. The molecule has 1 aliphatic carbocycles. The van der Waals surface area contributed by atoms with Gasteiger partial charge in [0.05, 0.1) is 9.62 Å². The number of thioether (sulfide) groups is 1. The SMILES string of the molecule is CCC1(CC)SC2(CCCCC2)NC1=O. The van der Waals surface area contributed by atoms with Gasteiger partial charge >= 0.3 is 0 Å². The molecule has 2 fully saturated rings. The molecule has 0 unspecified atom stereocenters. The third kappa shape index (κ3) is 1.79. The van der Waals surface area contributed by atoms with Crippen molar-refractivity contribution >= 4 is 17.7 Å². The number of nitrogens with one attached hydrogen (secondary N) is 1. The largest absolute Gasteiger partial charge is 0.340 e. The molecule has 2 aliphatic rings. The third-order valence-electron chi connectivity index (χ3n) is 3.95. The number of hydrogen-bond donors (Lipinski definition) is 1. The zero-order chi connectivity index (χ0) is 10.9. The Morgan fingerprint density at radius 1 is 1.20 bits per heavy atom. The Labute approximate surface area is 96.6 Å². The summed E-state index contributed by atoms with van der Waals surface area (Å²) in [5.41, 5.74) is 0. The maximum atomic E-state index is 12.1. The number of hydrogen-bond acceptors (Lipinski definition) is 2. The first-order valence-corrected chi connectivity index (χ1v) is 7.01. The zero-order valence-corrected chi connectivity index (χ0v) is 10.6. The number of rotatable bonds is 2. The summed E-state index contributed by atoms with van der Waals surface area (Å²) in [6.45, 7) is 4.27. The van der Waals surface area contributed by atoms with E-state index >= 15 is 0 Å². The molecule has 1 amide bonds. The van der Waals surface area contributed by atoms with Crippen LogP contribution in [0, 0.1) is 0 Å². The summed E-state index contributed by atoms with van der Waals surface area (Å²) in [7, 11) is 0. The van der Waals surface area contributed by atoms with Crippen LogP contribution in [0.15, 0.2) is 0 Å². The lowest BCUT2D eigenvalue weighted by Gasteiger charge is -2.33. The standard InChI is InChI=1S/C12H21NOS/c1-3-11(4-2)10(14)13-12(15-11)8-6-5-7-9-12/h3-9H2,1-2H3,(H,13,14). The Kier molecular flexibility index (Phi) is 3.02. The van der Waals surface area contributed by atoms with E-state index in [-0.39, 0.29) is 9.62 Å². The van der Waals surface area contributed by atoms with Crippen molar-refractivity contribution < 1.29 is 4.79 Å². The van der Waals surface area contributed by atoms with Gasteiger partial charge in [0, 0.05) is 0 Å². The van der Waals surface area contributed by atoms with Crippen LogP contribution in [0.4, 0.5) is 0 Å². The minimum absolute atomic E-state index is 0.0986. The minimum Gasteiger partial charge on any atom is -0.340 e. The molecule has 2 nitrogen and oxygen atoms in total. The molecule has 0 bridgehead atoms. The molecule has 1 saturated heterocycles. The first-order valence-electron chi connectivity index (χ1n) is 6.19. The normalized spacial score (nSPS) is 28.0. The first-order chi connectivity index (χ1) is 7.16. The number of carbonyl (C=O) groups is 1. The van der Waals surface area contributed by atoms with Crippen LogP contribution >= 0.6 is 11.8 Å². The Morgan fingerprint density at radius 2 is 1.80 bits per heavy atom. The van der Waals surface area contributed by atoms with Gasteiger partial charge in [-0.05, 0) is 25.7 Å². The van der Waals surface area contributed by atoms with Gasteiger partial charge in [0.2, 0.25) is 5.91 Å². The van der Waals surface area contributed by atoms with Crippen LogP contribution in [-0.2, 0) is 4.79 Å². The van der Waals surface area contributed by atoms with Crippen molar-refractivity contribution in [2.24, 2.45) is 0 Å². The molecule has 1 heterocycles. The van der Waals surface area contributed by atoms with E-state index in [2.05, 4.69) is 19.2 Å². The maximum absolute atomic E-state index is 12.1. The molecular formula is C12H21NOS. The van der Waals surface area contributed by atoms with Gasteiger partial charge in [-0.25, -0.2) is 0 Å². The molecule has 1 N–H and O–H groups in total. The number of carbonyl (C=O) groups excluding carboxylic acids is 1. The van der Waals surface area contributed by atoms with Crippen LogP contribution < -0.4 is 5.32 Å². The van der Waals surface area contributed by atoms with E-state index in [4.69, 9.17) is 0 Å². The van der Waals surface area contributed by atoms with E-state index < -0.39 is 0 Å². The lowest BCUT2D eigenvalue weighted by molar-refractivity contribution is -0.123. The second-order valence-corrected chi connectivity index (χ2v) is 6.58. The van der Waals surface area contributed by atoms with E-state index in [0.717, 1.165) is 12.8 Å². The van der Waals surface area contributed by atoms with E-state index in [9.17, 15) is 4.79 Å². The van der Waals surface area contributed by atoms with Gasteiger partial charge in [-0.3, -0.25) is 4.79 Å². The summed E-state index contributed by atoms with van der Waals surface area (Å²) in [6.07, 6.45) is 8.15. The predicted molar refractivity (Wildman–Crippen MR) is 64.9 cm³/mol. The molecule has 0 atom stereocenters. The summed E-state index contributed by atoms with van der Waals surface area (Å²) in [5, 5.41) is 3.29. The highest BCUT2D eigenvalue weighted by Crippen LogP contribution is 2.51. The van der Waals surface area contributed by atoms with Gasteiger partial charge in [-0.1, -0.05) is 33.1 Å². The van der Waals surface area contributed by atoms with Gasteiger partial charge in [0.15, 0.2) is 0 Å². The fraction of sp³-hybridized carbons (Fsp3) is 0.917. The second kappa shape index (κ2) is 4.00. The molecule has 0 aromatic carbocycles. The average Bonchev–Trinajstić information content (AvgIpc) is 2.53. The van der Waals surface area contributed by atoms with Gasteiger partial charge in [-0.15, -0.1) is 11.8 Å². The van der Waals surface area contributed by atoms with Gasteiger partial charge in [0.25, 0.3) is 0 Å². The monoisotopic (exact) mass is 227 g/mol. The Bertz CT molecular complexity index is 254. The molecule has 2 rings (SSSR count). The topological polar surface area (TPSA) is 29.1 Å². The van der Waals surface area contributed by atoms with Crippen molar-refractivity contribution in [3.63, 3.8) is 0 Å².